The molecule has 0 heterocycles. The average molecular weight is 213 g/mol. The van der Waals surface area contributed by atoms with Gasteiger partial charge < -0.3 is 10.4 Å². The molecular formula is C12H23NO2. The molecule has 88 valence electrons. The first-order valence-corrected chi connectivity index (χ1v) is 6.10. The van der Waals surface area contributed by atoms with Crippen LogP contribution in [0.15, 0.2) is 0 Å². The summed E-state index contributed by atoms with van der Waals surface area (Å²) in [5.41, 5.74) is 0. The summed E-state index contributed by atoms with van der Waals surface area (Å²) >= 11 is 0. The number of carboxylic acid groups (broad SMARTS) is 1. The number of hydrogen-bond acceptors (Lipinski definition) is 2. The summed E-state index contributed by atoms with van der Waals surface area (Å²) in [6.45, 7) is 3.75. The lowest BCUT2D eigenvalue weighted by Gasteiger charge is -2.24. The van der Waals surface area contributed by atoms with Crippen LogP contribution < -0.4 is 5.32 Å². The van der Waals surface area contributed by atoms with Gasteiger partial charge in [-0.3, -0.25) is 4.79 Å². The Bertz CT molecular complexity index is 198. The third kappa shape index (κ3) is 4.20. The van der Waals surface area contributed by atoms with Crippen LogP contribution in [0, 0.1) is 5.92 Å². The van der Waals surface area contributed by atoms with E-state index in [4.69, 9.17) is 5.11 Å². The van der Waals surface area contributed by atoms with Crippen LogP contribution in [0.25, 0.3) is 0 Å². The number of aliphatic carboxylic acids is 1. The topological polar surface area (TPSA) is 49.3 Å². The van der Waals surface area contributed by atoms with Crippen LogP contribution in [0.2, 0.25) is 0 Å². The summed E-state index contributed by atoms with van der Waals surface area (Å²) in [6.07, 6.45) is 7.65. The molecule has 0 saturated heterocycles. The summed E-state index contributed by atoms with van der Waals surface area (Å²) in [5, 5.41) is 12.4. The van der Waals surface area contributed by atoms with Crippen molar-refractivity contribution in [3.8, 4) is 0 Å². The standard InChI is InChI=1S/C12H23NO2/c1-9(12(14)15)10(2)13-11-7-5-3-4-6-8-11/h9-11,13H,3-8H2,1-2H3,(H,14,15). The molecule has 3 heteroatoms. The molecule has 0 amide bonds. The maximum Gasteiger partial charge on any atom is 0.307 e. The first-order valence-electron chi connectivity index (χ1n) is 6.10. The van der Waals surface area contributed by atoms with E-state index in [0.29, 0.717) is 6.04 Å². The highest BCUT2D eigenvalue weighted by molar-refractivity contribution is 5.70. The Morgan fingerprint density at radius 1 is 1.20 bits per heavy atom. The minimum Gasteiger partial charge on any atom is -0.481 e. The molecular weight excluding hydrogens is 190 g/mol. The van der Waals surface area contributed by atoms with Gasteiger partial charge in [-0.1, -0.05) is 32.6 Å². The lowest BCUT2D eigenvalue weighted by Crippen LogP contribution is -2.42. The molecule has 1 fully saturated rings. The molecule has 0 spiro atoms. The van der Waals surface area contributed by atoms with E-state index in [-0.39, 0.29) is 12.0 Å². The van der Waals surface area contributed by atoms with E-state index in [2.05, 4.69) is 5.32 Å². The lowest BCUT2D eigenvalue weighted by atomic mass is 10.0. The smallest absolute Gasteiger partial charge is 0.307 e. The SMILES string of the molecule is CC(NC1CCCCCC1)C(C)C(=O)O. The highest BCUT2D eigenvalue weighted by Crippen LogP contribution is 2.18. The second kappa shape index (κ2) is 6.11. The van der Waals surface area contributed by atoms with Crippen LogP contribution in [0.4, 0.5) is 0 Å². The highest BCUT2D eigenvalue weighted by Gasteiger charge is 2.22. The van der Waals surface area contributed by atoms with Gasteiger partial charge in [-0.05, 0) is 19.8 Å². The van der Waals surface area contributed by atoms with Crippen molar-refractivity contribution in [1.82, 2.24) is 5.32 Å². The summed E-state index contributed by atoms with van der Waals surface area (Å²) in [5.74, 6) is -1.00. The van der Waals surface area contributed by atoms with Crippen LogP contribution in [0.3, 0.4) is 0 Å². The van der Waals surface area contributed by atoms with Gasteiger partial charge in [0.2, 0.25) is 0 Å². The molecule has 0 bridgehead atoms. The van der Waals surface area contributed by atoms with Crippen molar-refractivity contribution in [2.75, 3.05) is 0 Å². The molecule has 2 atom stereocenters. The van der Waals surface area contributed by atoms with Gasteiger partial charge in [0.1, 0.15) is 0 Å². The quantitative estimate of drug-likeness (QED) is 0.705. The van der Waals surface area contributed by atoms with E-state index in [1.54, 1.807) is 6.92 Å². The van der Waals surface area contributed by atoms with Crippen molar-refractivity contribution in [2.24, 2.45) is 5.92 Å². The lowest BCUT2D eigenvalue weighted by molar-refractivity contribution is -0.142. The van der Waals surface area contributed by atoms with Gasteiger partial charge in [0.05, 0.1) is 5.92 Å². The molecule has 1 aliphatic carbocycles. The molecule has 15 heavy (non-hydrogen) atoms. The van der Waals surface area contributed by atoms with E-state index in [1.807, 2.05) is 6.92 Å². The van der Waals surface area contributed by atoms with Gasteiger partial charge >= 0.3 is 5.97 Å². The molecule has 0 aromatic rings. The molecule has 2 N–H and O–H groups in total. The third-order valence-corrected chi connectivity index (χ3v) is 3.49. The van der Waals surface area contributed by atoms with Crippen LogP contribution in [0.5, 0.6) is 0 Å². The maximum absolute atomic E-state index is 10.8. The number of carbonyl (C=O) groups is 1. The summed E-state index contributed by atoms with van der Waals surface area (Å²) in [6, 6.07) is 0.606. The Hall–Kier alpha value is -0.570. The number of carboxylic acids is 1. The molecule has 0 aliphatic heterocycles. The van der Waals surface area contributed by atoms with Gasteiger partial charge in [0, 0.05) is 12.1 Å². The van der Waals surface area contributed by atoms with Gasteiger partial charge in [0.15, 0.2) is 0 Å². The first kappa shape index (κ1) is 12.5. The van der Waals surface area contributed by atoms with Crippen molar-refractivity contribution in [2.45, 2.75) is 64.5 Å². The van der Waals surface area contributed by atoms with Crippen LogP contribution in [0.1, 0.15) is 52.4 Å². The molecule has 0 radical (unpaired) electrons. The molecule has 1 saturated carbocycles. The van der Waals surface area contributed by atoms with Crippen LogP contribution in [-0.4, -0.2) is 23.2 Å². The van der Waals surface area contributed by atoms with Crippen LogP contribution in [-0.2, 0) is 4.79 Å². The Labute approximate surface area is 92.3 Å². The minimum atomic E-state index is -0.705. The first-order chi connectivity index (χ1) is 7.11. The molecule has 2 unspecified atom stereocenters. The average Bonchev–Trinajstić information content (AvgIpc) is 2.45. The second-order valence-corrected chi connectivity index (χ2v) is 4.77. The van der Waals surface area contributed by atoms with Gasteiger partial charge in [-0.2, -0.15) is 0 Å². The van der Waals surface area contributed by atoms with Gasteiger partial charge in [-0.15, -0.1) is 0 Å². The largest absolute Gasteiger partial charge is 0.481 e. The van der Waals surface area contributed by atoms with Crippen molar-refractivity contribution < 1.29 is 9.90 Å². The molecule has 3 nitrogen and oxygen atoms in total. The summed E-state index contributed by atoms with van der Waals surface area (Å²) in [4.78, 5) is 10.8. The zero-order valence-corrected chi connectivity index (χ0v) is 9.83. The zero-order valence-electron chi connectivity index (χ0n) is 9.83. The molecule has 0 aromatic heterocycles. The number of rotatable bonds is 4. The fourth-order valence-electron chi connectivity index (χ4n) is 2.18. The van der Waals surface area contributed by atoms with E-state index in [9.17, 15) is 4.79 Å². The normalized spacial score (nSPS) is 23.1. The highest BCUT2D eigenvalue weighted by atomic mass is 16.4. The van der Waals surface area contributed by atoms with Crippen molar-refractivity contribution in [3.05, 3.63) is 0 Å². The third-order valence-electron chi connectivity index (χ3n) is 3.49. The van der Waals surface area contributed by atoms with Gasteiger partial charge in [-0.25, -0.2) is 0 Å². The Balaban J connectivity index is 2.35. The van der Waals surface area contributed by atoms with Crippen molar-refractivity contribution >= 4 is 5.97 Å². The number of nitrogens with one attached hydrogen (secondary N) is 1. The fourth-order valence-corrected chi connectivity index (χ4v) is 2.18. The molecule has 1 aliphatic rings. The van der Waals surface area contributed by atoms with E-state index in [0.717, 1.165) is 0 Å². The predicted octanol–water partition coefficient (Wildman–Crippen LogP) is 2.41. The van der Waals surface area contributed by atoms with E-state index in [1.165, 1.54) is 38.5 Å². The fraction of sp³-hybridized carbons (Fsp3) is 0.917. The Kier molecular flexibility index (Phi) is 5.09. The van der Waals surface area contributed by atoms with Crippen molar-refractivity contribution in [1.29, 1.82) is 0 Å². The molecule has 0 aromatic carbocycles. The number of hydrogen-bond donors (Lipinski definition) is 2. The monoisotopic (exact) mass is 213 g/mol. The Morgan fingerprint density at radius 2 is 1.73 bits per heavy atom. The molecule has 1 rings (SSSR count). The minimum absolute atomic E-state index is 0.0746. The van der Waals surface area contributed by atoms with Gasteiger partial charge in [0.25, 0.3) is 0 Å². The Morgan fingerprint density at radius 3 is 2.20 bits per heavy atom. The zero-order chi connectivity index (χ0) is 11.3. The van der Waals surface area contributed by atoms with E-state index < -0.39 is 5.97 Å². The summed E-state index contributed by atoms with van der Waals surface area (Å²) < 4.78 is 0. The van der Waals surface area contributed by atoms with Crippen molar-refractivity contribution in [3.63, 3.8) is 0 Å². The summed E-state index contributed by atoms with van der Waals surface area (Å²) in [7, 11) is 0. The maximum atomic E-state index is 10.8. The second-order valence-electron chi connectivity index (χ2n) is 4.77. The predicted molar refractivity (Wildman–Crippen MR) is 60.9 cm³/mol. The van der Waals surface area contributed by atoms with Crippen LogP contribution >= 0.6 is 0 Å². The van der Waals surface area contributed by atoms with E-state index >= 15 is 0 Å².